The molecule has 0 aliphatic carbocycles. The average Bonchev–Trinajstić information content (AvgIpc) is 2.59. The second-order valence-corrected chi connectivity index (χ2v) is 6.91. The first-order valence-electron chi connectivity index (χ1n) is 8.16. The standard InChI is InChI=1S/C16H28N4O3S/c1-4-18-16(19-11-6-12-23-5-2)20-13-14-7-9-15(10-8-14)24(21,22)17-3/h7-10,17H,4-6,11-13H2,1-3H3,(H2,18,19,20). The number of hydrogen-bond acceptors (Lipinski definition) is 4. The molecule has 136 valence electrons. The molecule has 0 atom stereocenters. The van der Waals surface area contributed by atoms with Crippen molar-refractivity contribution in [1.29, 1.82) is 0 Å². The van der Waals surface area contributed by atoms with Gasteiger partial charge in [-0.1, -0.05) is 12.1 Å². The van der Waals surface area contributed by atoms with Crippen molar-refractivity contribution in [2.45, 2.75) is 31.7 Å². The highest BCUT2D eigenvalue weighted by Gasteiger charge is 2.10. The van der Waals surface area contributed by atoms with Crippen LogP contribution in [-0.4, -0.2) is 47.7 Å². The van der Waals surface area contributed by atoms with Crippen molar-refractivity contribution >= 4 is 16.0 Å². The highest BCUT2D eigenvalue weighted by atomic mass is 32.2. The molecule has 0 saturated heterocycles. The Morgan fingerprint density at radius 1 is 1.17 bits per heavy atom. The highest BCUT2D eigenvalue weighted by molar-refractivity contribution is 7.89. The lowest BCUT2D eigenvalue weighted by atomic mass is 10.2. The summed E-state index contributed by atoms with van der Waals surface area (Å²) in [5.74, 6) is 0.737. The number of nitrogens with one attached hydrogen (secondary N) is 3. The van der Waals surface area contributed by atoms with Crippen molar-refractivity contribution in [3.8, 4) is 0 Å². The van der Waals surface area contributed by atoms with E-state index in [1.807, 2.05) is 13.8 Å². The zero-order valence-electron chi connectivity index (χ0n) is 14.6. The van der Waals surface area contributed by atoms with Gasteiger partial charge in [0.1, 0.15) is 0 Å². The Hall–Kier alpha value is -1.64. The van der Waals surface area contributed by atoms with Crippen LogP contribution in [0, 0.1) is 0 Å². The third-order valence-electron chi connectivity index (χ3n) is 3.23. The molecule has 0 heterocycles. The zero-order chi connectivity index (χ0) is 17.8. The lowest BCUT2D eigenvalue weighted by molar-refractivity contribution is 0.145. The molecule has 0 amide bonds. The molecule has 1 rings (SSSR count). The second-order valence-electron chi connectivity index (χ2n) is 5.02. The maximum Gasteiger partial charge on any atom is 0.240 e. The van der Waals surface area contributed by atoms with Crippen molar-refractivity contribution in [3.05, 3.63) is 29.8 Å². The van der Waals surface area contributed by atoms with Crippen LogP contribution >= 0.6 is 0 Å². The van der Waals surface area contributed by atoms with E-state index in [9.17, 15) is 8.42 Å². The summed E-state index contributed by atoms with van der Waals surface area (Å²) in [4.78, 5) is 4.75. The van der Waals surface area contributed by atoms with Crippen LogP contribution < -0.4 is 15.4 Å². The minimum Gasteiger partial charge on any atom is -0.382 e. The Kier molecular flexibility index (Phi) is 9.36. The van der Waals surface area contributed by atoms with Crippen LogP contribution in [0.25, 0.3) is 0 Å². The van der Waals surface area contributed by atoms with Crippen LogP contribution in [0.1, 0.15) is 25.8 Å². The number of benzene rings is 1. The summed E-state index contributed by atoms with van der Waals surface area (Å²) < 4.78 is 31.0. The van der Waals surface area contributed by atoms with Crippen LogP contribution in [0.5, 0.6) is 0 Å². The first-order chi connectivity index (χ1) is 11.5. The summed E-state index contributed by atoms with van der Waals surface area (Å²) in [5, 5.41) is 6.43. The fourth-order valence-corrected chi connectivity index (χ4v) is 2.66. The Balaban J connectivity index is 2.59. The zero-order valence-corrected chi connectivity index (χ0v) is 15.4. The van der Waals surface area contributed by atoms with Gasteiger partial charge in [0.2, 0.25) is 10.0 Å². The highest BCUT2D eigenvalue weighted by Crippen LogP contribution is 2.10. The first-order valence-corrected chi connectivity index (χ1v) is 9.64. The predicted molar refractivity (Wildman–Crippen MR) is 96.6 cm³/mol. The van der Waals surface area contributed by atoms with Crippen LogP contribution in [-0.2, 0) is 21.3 Å². The van der Waals surface area contributed by atoms with E-state index < -0.39 is 10.0 Å². The van der Waals surface area contributed by atoms with E-state index in [4.69, 9.17) is 4.74 Å². The lowest BCUT2D eigenvalue weighted by Gasteiger charge is -2.11. The van der Waals surface area contributed by atoms with Crippen LogP contribution in [0.4, 0.5) is 0 Å². The third-order valence-corrected chi connectivity index (χ3v) is 4.66. The molecule has 8 heteroatoms. The molecule has 1 aromatic carbocycles. The summed E-state index contributed by atoms with van der Waals surface area (Å²) in [6.45, 7) is 7.47. The molecule has 0 aromatic heterocycles. The summed E-state index contributed by atoms with van der Waals surface area (Å²) >= 11 is 0. The van der Waals surface area contributed by atoms with E-state index in [-0.39, 0.29) is 4.90 Å². The van der Waals surface area contributed by atoms with Crippen LogP contribution in [0.3, 0.4) is 0 Å². The van der Waals surface area contributed by atoms with Gasteiger partial charge in [-0.2, -0.15) is 0 Å². The van der Waals surface area contributed by atoms with Gasteiger partial charge >= 0.3 is 0 Å². The van der Waals surface area contributed by atoms with Gasteiger partial charge in [0.15, 0.2) is 5.96 Å². The Labute approximate surface area is 145 Å². The monoisotopic (exact) mass is 356 g/mol. The number of ether oxygens (including phenoxy) is 1. The van der Waals surface area contributed by atoms with E-state index in [0.29, 0.717) is 6.54 Å². The van der Waals surface area contributed by atoms with E-state index in [0.717, 1.165) is 44.2 Å². The molecule has 24 heavy (non-hydrogen) atoms. The summed E-state index contributed by atoms with van der Waals surface area (Å²) in [6.07, 6.45) is 0.912. The molecule has 0 spiro atoms. The van der Waals surface area contributed by atoms with Crippen molar-refractivity contribution in [2.24, 2.45) is 4.99 Å². The number of aliphatic imine (C=N–C) groups is 1. The van der Waals surface area contributed by atoms with Gasteiger partial charge < -0.3 is 15.4 Å². The normalized spacial score (nSPS) is 12.2. The van der Waals surface area contributed by atoms with Crippen LogP contribution in [0.15, 0.2) is 34.2 Å². The molecule has 0 aliphatic heterocycles. The molecule has 0 fully saturated rings. The van der Waals surface area contributed by atoms with Crippen molar-refractivity contribution < 1.29 is 13.2 Å². The van der Waals surface area contributed by atoms with E-state index in [2.05, 4.69) is 20.3 Å². The minimum atomic E-state index is -3.40. The maximum atomic E-state index is 11.7. The molecule has 0 saturated carbocycles. The molecule has 0 bridgehead atoms. The van der Waals surface area contributed by atoms with Gasteiger partial charge in [-0.25, -0.2) is 18.1 Å². The topological polar surface area (TPSA) is 91.8 Å². The smallest absolute Gasteiger partial charge is 0.240 e. The van der Waals surface area contributed by atoms with Gasteiger partial charge in [-0.15, -0.1) is 0 Å². The number of sulfonamides is 1. The average molecular weight is 356 g/mol. The molecule has 1 aromatic rings. The summed E-state index contributed by atoms with van der Waals surface area (Å²) in [5.41, 5.74) is 0.941. The fraction of sp³-hybridized carbons (Fsp3) is 0.562. The summed E-state index contributed by atoms with van der Waals surface area (Å²) in [6, 6.07) is 6.71. The first kappa shape index (κ1) is 20.4. The third kappa shape index (κ3) is 7.29. The SMILES string of the molecule is CCNC(=NCc1ccc(S(=O)(=O)NC)cc1)NCCCOCC. The molecule has 0 aliphatic rings. The number of nitrogens with zero attached hydrogens (tertiary/aromatic N) is 1. The number of hydrogen-bond donors (Lipinski definition) is 3. The number of guanidine groups is 1. The molecular formula is C16H28N4O3S. The maximum absolute atomic E-state index is 11.7. The largest absolute Gasteiger partial charge is 0.382 e. The van der Waals surface area contributed by atoms with E-state index in [1.54, 1.807) is 24.3 Å². The molecular weight excluding hydrogens is 328 g/mol. The summed E-state index contributed by atoms with van der Waals surface area (Å²) in [7, 11) is -2.00. The quantitative estimate of drug-likeness (QED) is 0.331. The van der Waals surface area contributed by atoms with Crippen LogP contribution in [0.2, 0.25) is 0 Å². The molecule has 0 radical (unpaired) electrons. The predicted octanol–water partition coefficient (Wildman–Crippen LogP) is 1.08. The Morgan fingerprint density at radius 2 is 1.88 bits per heavy atom. The van der Waals surface area contributed by atoms with Gasteiger partial charge in [0.25, 0.3) is 0 Å². The number of rotatable bonds is 10. The van der Waals surface area contributed by atoms with Crippen molar-refractivity contribution in [1.82, 2.24) is 15.4 Å². The Bertz CT molecular complexity index is 600. The van der Waals surface area contributed by atoms with Crippen molar-refractivity contribution in [3.63, 3.8) is 0 Å². The second kappa shape index (κ2) is 11.0. The molecule has 7 nitrogen and oxygen atoms in total. The fourth-order valence-electron chi connectivity index (χ4n) is 1.93. The molecule has 3 N–H and O–H groups in total. The van der Waals surface area contributed by atoms with E-state index >= 15 is 0 Å². The van der Waals surface area contributed by atoms with E-state index in [1.165, 1.54) is 7.05 Å². The van der Waals surface area contributed by atoms with Gasteiger partial charge in [0.05, 0.1) is 11.4 Å². The molecule has 0 unspecified atom stereocenters. The minimum absolute atomic E-state index is 0.249. The van der Waals surface area contributed by atoms with Crippen molar-refractivity contribution in [2.75, 3.05) is 33.4 Å². The lowest BCUT2D eigenvalue weighted by Crippen LogP contribution is -2.38. The Morgan fingerprint density at radius 3 is 2.46 bits per heavy atom. The van der Waals surface area contributed by atoms with Gasteiger partial charge in [-0.3, -0.25) is 0 Å². The van der Waals surface area contributed by atoms with Gasteiger partial charge in [-0.05, 0) is 45.0 Å². The van der Waals surface area contributed by atoms with Gasteiger partial charge in [0, 0.05) is 26.3 Å².